The second-order valence-corrected chi connectivity index (χ2v) is 8.47. The van der Waals surface area contributed by atoms with Crippen LogP contribution >= 0.6 is 0 Å². The van der Waals surface area contributed by atoms with Crippen molar-refractivity contribution < 1.29 is 23.1 Å². The molecule has 8 heteroatoms. The van der Waals surface area contributed by atoms with E-state index in [1.165, 1.54) is 4.31 Å². The molecule has 2 atom stereocenters. The van der Waals surface area contributed by atoms with Crippen LogP contribution in [0.2, 0.25) is 0 Å². The van der Waals surface area contributed by atoms with Gasteiger partial charge in [-0.15, -0.1) is 0 Å². The fourth-order valence-electron chi connectivity index (χ4n) is 3.94. The molecule has 0 radical (unpaired) electrons. The Balaban J connectivity index is 1.79. The highest BCUT2D eigenvalue weighted by molar-refractivity contribution is 7.88. The molecule has 3 fully saturated rings. The second kappa shape index (κ2) is 5.19. The number of rotatable bonds is 3. The molecular weight excluding hydrogens is 296 g/mol. The summed E-state index contributed by atoms with van der Waals surface area (Å²) in [7, 11) is -3.33. The average Bonchev–Trinajstić information content (AvgIpc) is 2.93. The van der Waals surface area contributed by atoms with Gasteiger partial charge in [-0.25, -0.2) is 12.7 Å². The number of ether oxygens (including phenoxy) is 1. The third-order valence-electron chi connectivity index (χ3n) is 5.21. The number of aliphatic carboxylic acids is 1. The van der Waals surface area contributed by atoms with E-state index in [0.29, 0.717) is 25.7 Å². The van der Waals surface area contributed by atoms with Crippen LogP contribution in [-0.2, 0) is 19.6 Å². The number of likely N-dealkylation sites (tertiary alicyclic amines) is 1. The zero-order chi connectivity index (χ0) is 15.3. The maximum absolute atomic E-state index is 11.8. The molecule has 0 amide bonds. The Hall–Kier alpha value is -0.700. The molecule has 7 nitrogen and oxygen atoms in total. The number of carboxylic acid groups (broad SMARTS) is 1. The van der Waals surface area contributed by atoms with E-state index in [0.717, 1.165) is 32.3 Å². The number of hydrogen-bond acceptors (Lipinski definition) is 5. The van der Waals surface area contributed by atoms with Gasteiger partial charge in [0.15, 0.2) is 0 Å². The van der Waals surface area contributed by atoms with E-state index in [1.54, 1.807) is 0 Å². The Morgan fingerprint density at radius 3 is 2.43 bits per heavy atom. The van der Waals surface area contributed by atoms with Crippen LogP contribution in [0.25, 0.3) is 0 Å². The van der Waals surface area contributed by atoms with Crippen molar-refractivity contribution in [3.05, 3.63) is 0 Å². The molecule has 120 valence electrons. The smallest absolute Gasteiger partial charge is 0.312 e. The first-order chi connectivity index (χ1) is 9.83. The van der Waals surface area contributed by atoms with E-state index >= 15 is 0 Å². The van der Waals surface area contributed by atoms with Crippen LogP contribution in [0.15, 0.2) is 0 Å². The number of fused-ring (bicyclic) bond motifs is 1. The van der Waals surface area contributed by atoms with E-state index in [4.69, 9.17) is 4.74 Å². The van der Waals surface area contributed by atoms with E-state index < -0.39 is 21.4 Å². The monoisotopic (exact) mass is 318 g/mol. The summed E-state index contributed by atoms with van der Waals surface area (Å²) < 4.78 is 30.1. The minimum absolute atomic E-state index is 0.103. The van der Waals surface area contributed by atoms with Crippen LogP contribution in [0, 0.1) is 11.3 Å². The van der Waals surface area contributed by atoms with Crippen LogP contribution < -0.4 is 0 Å². The highest BCUT2D eigenvalue weighted by Crippen LogP contribution is 2.44. The first kappa shape index (κ1) is 15.2. The van der Waals surface area contributed by atoms with Crippen LogP contribution in [0.3, 0.4) is 0 Å². The number of sulfonamides is 1. The maximum atomic E-state index is 11.8. The lowest BCUT2D eigenvalue weighted by Crippen LogP contribution is -2.45. The molecule has 3 aliphatic rings. The van der Waals surface area contributed by atoms with E-state index in [9.17, 15) is 18.3 Å². The van der Waals surface area contributed by atoms with Crippen molar-refractivity contribution in [1.82, 2.24) is 9.21 Å². The minimum Gasteiger partial charge on any atom is -0.481 e. The molecule has 0 aromatic rings. The fourth-order valence-corrected chi connectivity index (χ4v) is 4.86. The number of hydrogen-bond donors (Lipinski definition) is 1. The predicted molar refractivity (Wildman–Crippen MR) is 75.4 cm³/mol. The second-order valence-electron chi connectivity index (χ2n) is 6.49. The molecule has 0 aromatic carbocycles. The van der Waals surface area contributed by atoms with Crippen molar-refractivity contribution in [3.8, 4) is 0 Å². The summed E-state index contributed by atoms with van der Waals surface area (Å²) in [6.07, 6.45) is 3.01. The van der Waals surface area contributed by atoms with Crippen LogP contribution in [0.4, 0.5) is 0 Å². The van der Waals surface area contributed by atoms with Crippen molar-refractivity contribution in [1.29, 1.82) is 0 Å². The lowest BCUT2D eigenvalue weighted by atomic mass is 9.81. The van der Waals surface area contributed by atoms with E-state index in [-0.39, 0.29) is 12.5 Å². The highest BCUT2D eigenvalue weighted by Gasteiger charge is 2.59. The molecule has 3 saturated heterocycles. The molecule has 0 aliphatic carbocycles. The van der Waals surface area contributed by atoms with Crippen molar-refractivity contribution >= 4 is 16.0 Å². The molecule has 3 aliphatic heterocycles. The Labute approximate surface area is 124 Å². The molecule has 0 spiro atoms. The quantitative estimate of drug-likeness (QED) is 0.751. The van der Waals surface area contributed by atoms with E-state index in [2.05, 4.69) is 4.90 Å². The third kappa shape index (κ3) is 2.58. The van der Waals surface area contributed by atoms with Gasteiger partial charge in [0.05, 0.1) is 11.7 Å². The summed E-state index contributed by atoms with van der Waals surface area (Å²) in [6, 6.07) is 0.368. The summed E-state index contributed by atoms with van der Waals surface area (Å²) in [6.45, 7) is 2.99. The Bertz CT molecular complexity index is 531. The fraction of sp³-hybridized carbons (Fsp3) is 0.923. The topological polar surface area (TPSA) is 87.2 Å². The van der Waals surface area contributed by atoms with Gasteiger partial charge in [0.25, 0.3) is 0 Å². The van der Waals surface area contributed by atoms with Crippen molar-refractivity contribution in [2.45, 2.75) is 18.9 Å². The van der Waals surface area contributed by atoms with Gasteiger partial charge < -0.3 is 9.84 Å². The molecule has 0 saturated carbocycles. The van der Waals surface area contributed by atoms with Gasteiger partial charge in [0.2, 0.25) is 10.0 Å². The lowest BCUT2D eigenvalue weighted by Gasteiger charge is -2.33. The molecule has 0 unspecified atom stereocenters. The summed E-state index contributed by atoms with van der Waals surface area (Å²) in [5.41, 5.74) is -0.943. The third-order valence-corrected chi connectivity index (χ3v) is 6.42. The summed E-state index contributed by atoms with van der Waals surface area (Å²) >= 11 is 0. The molecule has 3 rings (SSSR count). The van der Waals surface area contributed by atoms with Crippen LogP contribution in [-0.4, -0.2) is 80.4 Å². The predicted octanol–water partition coefficient (Wildman–Crippen LogP) is -0.557. The molecule has 3 heterocycles. The van der Waals surface area contributed by atoms with Crippen molar-refractivity contribution in [3.63, 3.8) is 0 Å². The van der Waals surface area contributed by atoms with Gasteiger partial charge in [0.1, 0.15) is 0 Å². The van der Waals surface area contributed by atoms with Gasteiger partial charge in [-0.1, -0.05) is 0 Å². The standard InChI is InChI=1S/C13H22N2O5S/c1-21(18,19)15-7-10-6-14(11-2-4-20-5-3-11)8-13(10,9-15)12(16)17/h10-11H,2-9H2,1H3,(H,16,17)/t10-,13-/m0/s1. The molecule has 1 N–H and O–H groups in total. The summed E-state index contributed by atoms with van der Waals surface area (Å²) in [5, 5.41) is 9.70. The zero-order valence-electron chi connectivity index (χ0n) is 12.2. The Morgan fingerprint density at radius 2 is 1.90 bits per heavy atom. The highest BCUT2D eigenvalue weighted by atomic mass is 32.2. The van der Waals surface area contributed by atoms with Gasteiger partial charge in [-0.3, -0.25) is 9.69 Å². The summed E-state index contributed by atoms with van der Waals surface area (Å²) in [5.74, 6) is -0.985. The Morgan fingerprint density at radius 1 is 1.24 bits per heavy atom. The van der Waals surface area contributed by atoms with Gasteiger partial charge in [-0.2, -0.15) is 0 Å². The first-order valence-electron chi connectivity index (χ1n) is 7.33. The maximum Gasteiger partial charge on any atom is 0.312 e. The number of carboxylic acids is 1. The molecule has 0 aromatic heterocycles. The largest absolute Gasteiger partial charge is 0.481 e. The molecular formula is C13H22N2O5S. The Kier molecular flexibility index (Phi) is 3.76. The molecule has 21 heavy (non-hydrogen) atoms. The average molecular weight is 318 g/mol. The molecule has 0 bridgehead atoms. The van der Waals surface area contributed by atoms with Crippen molar-refractivity contribution in [2.75, 3.05) is 45.6 Å². The van der Waals surface area contributed by atoms with Crippen LogP contribution in [0.5, 0.6) is 0 Å². The van der Waals surface area contributed by atoms with Crippen molar-refractivity contribution in [2.24, 2.45) is 11.3 Å². The van der Waals surface area contributed by atoms with Gasteiger partial charge in [-0.05, 0) is 12.8 Å². The van der Waals surface area contributed by atoms with Gasteiger partial charge >= 0.3 is 5.97 Å². The number of nitrogens with zero attached hydrogens (tertiary/aromatic N) is 2. The van der Waals surface area contributed by atoms with Gasteiger partial charge in [0, 0.05) is 51.4 Å². The van der Waals surface area contributed by atoms with E-state index in [1.807, 2.05) is 0 Å². The normalized spacial score (nSPS) is 36.0. The minimum atomic E-state index is -3.33. The lowest BCUT2D eigenvalue weighted by molar-refractivity contribution is -0.148. The number of carbonyl (C=O) groups is 1. The SMILES string of the molecule is CS(=O)(=O)N1C[C@@H]2CN(C3CCOCC3)C[C@]2(C(=O)O)C1. The van der Waals surface area contributed by atoms with Crippen LogP contribution in [0.1, 0.15) is 12.8 Å². The first-order valence-corrected chi connectivity index (χ1v) is 9.18. The zero-order valence-corrected chi connectivity index (χ0v) is 13.0. The summed E-state index contributed by atoms with van der Waals surface area (Å²) in [4.78, 5) is 14.1.